The monoisotopic (exact) mass is 351 g/mol. The fraction of sp³-hybridized carbons (Fsp3) is 0.381. The van der Waals surface area contributed by atoms with Crippen molar-refractivity contribution in [1.29, 1.82) is 0 Å². The molecule has 26 heavy (non-hydrogen) atoms. The van der Waals surface area contributed by atoms with E-state index < -0.39 is 0 Å². The lowest BCUT2D eigenvalue weighted by atomic mass is 9.91. The number of pyridine rings is 1. The molecule has 2 aromatic rings. The molecule has 1 aromatic carbocycles. The number of hydrogen-bond acceptors (Lipinski definition) is 3. The van der Waals surface area contributed by atoms with E-state index in [1.165, 1.54) is 6.42 Å². The van der Waals surface area contributed by atoms with Crippen LogP contribution in [0.3, 0.4) is 0 Å². The number of likely N-dealkylation sites (tertiary alicyclic amines) is 1. The molecule has 1 atom stereocenters. The van der Waals surface area contributed by atoms with E-state index >= 15 is 0 Å². The number of aromatic nitrogens is 1. The van der Waals surface area contributed by atoms with E-state index in [1.807, 2.05) is 47.4 Å². The third kappa shape index (κ3) is 4.91. The first-order valence-corrected chi connectivity index (χ1v) is 9.23. The summed E-state index contributed by atoms with van der Waals surface area (Å²) in [6.45, 7) is 1.67. The van der Waals surface area contributed by atoms with Gasteiger partial charge in [-0.15, -0.1) is 0 Å². The second-order valence-electron chi connectivity index (χ2n) is 6.68. The van der Waals surface area contributed by atoms with Crippen LogP contribution in [0.1, 0.15) is 36.3 Å². The third-order valence-corrected chi connectivity index (χ3v) is 4.83. The first kappa shape index (κ1) is 18.1. The van der Waals surface area contributed by atoms with Crippen LogP contribution < -0.4 is 5.32 Å². The third-order valence-electron chi connectivity index (χ3n) is 4.83. The van der Waals surface area contributed by atoms with Gasteiger partial charge in [-0.1, -0.05) is 30.3 Å². The Hall–Kier alpha value is -2.69. The molecule has 1 aliphatic heterocycles. The van der Waals surface area contributed by atoms with Gasteiger partial charge in [0.1, 0.15) is 0 Å². The van der Waals surface area contributed by atoms with Gasteiger partial charge in [0, 0.05) is 25.5 Å². The number of rotatable bonds is 6. The Morgan fingerprint density at radius 2 is 1.69 bits per heavy atom. The number of nitrogens with zero attached hydrogens (tertiary/aromatic N) is 2. The molecular weight excluding hydrogens is 326 g/mol. The minimum Gasteiger partial charge on any atom is -0.346 e. The standard InChI is InChI=1S/C21H25N3O2/c25-20(24-13-5-2-6-14-24)16-23-21(26)19(18-7-3-1-4-8-18)15-17-9-11-22-12-10-17/h1,3-4,7-12,19H,2,5-6,13-16H2,(H,23,26). The van der Waals surface area contributed by atoms with Gasteiger partial charge in [-0.2, -0.15) is 0 Å². The summed E-state index contributed by atoms with van der Waals surface area (Å²) >= 11 is 0. The Labute approximate surface area is 154 Å². The molecule has 5 heteroatoms. The SMILES string of the molecule is O=C(NCC(=O)N1CCCCC1)C(Cc1ccncc1)c1ccccc1. The van der Waals surface area contributed by atoms with Crippen LogP contribution in [-0.4, -0.2) is 41.3 Å². The largest absolute Gasteiger partial charge is 0.346 e. The van der Waals surface area contributed by atoms with Gasteiger partial charge >= 0.3 is 0 Å². The normalized spacial score (nSPS) is 15.3. The van der Waals surface area contributed by atoms with Crippen molar-refractivity contribution in [2.24, 2.45) is 0 Å². The van der Waals surface area contributed by atoms with Crippen molar-refractivity contribution in [1.82, 2.24) is 15.2 Å². The van der Waals surface area contributed by atoms with Crippen molar-refractivity contribution in [3.63, 3.8) is 0 Å². The molecule has 0 radical (unpaired) electrons. The molecule has 1 saturated heterocycles. The van der Waals surface area contributed by atoms with Gasteiger partial charge in [-0.25, -0.2) is 0 Å². The van der Waals surface area contributed by atoms with Crippen LogP contribution in [0.5, 0.6) is 0 Å². The zero-order chi connectivity index (χ0) is 18.2. The summed E-state index contributed by atoms with van der Waals surface area (Å²) in [5.74, 6) is -0.431. The molecule has 136 valence electrons. The summed E-state index contributed by atoms with van der Waals surface area (Å²) in [7, 11) is 0. The summed E-state index contributed by atoms with van der Waals surface area (Å²) < 4.78 is 0. The highest BCUT2D eigenvalue weighted by atomic mass is 16.2. The van der Waals surface area contributed by atoms with Gasteiger partial charge in [0.2, 0.25) is 11.8 Å². The lowest BCUT2D eigenvalue weighted by Gasteiger charge is -2.27. The zero-order valence-corrected chi connectivity index (χ0v) is 14.9. The Morgan fingerprint density at radius 1 is 1.00 bits per heavy atom. The topological polar surface area (TPSA) is 62.3 Å². The van der Waals surface area contributed by atoms with Crippen LogP contribution in [-0.2, 0) is 16.0 Å². The molecule has 1 N–H and O–H groups in total. The molecule has 1 fully saturated rings. The van der Waals surface area contributed by atoms with Crippen LogP contribution in [0.15, 0.2) is 54.9 Å². The average molecular weight is 351 g/mol. The van der Waals surface area contributed by atoms with Crippen molar-refractivity contribution >= 4 is 11.8 Å². The van der Waals surface area contributed by atoms with Gasteiger partial charge < -0.3 is 10.2 Å². The molecule has 2 amide bonds. The van der Waals surface area contributed by atoms with Gasteiger partial charge in [-0.05, 0) is 48.9 Å². The summed E-state index contributed by atoms with van der Waals surface area (Å²) in [6, 6.07) is 13.5. The molecule has 1 aliphatic rings. The van der Waals surface area contributed by atoms with Crippen molar-refractivity contribution in [3.8, 4) is 0 Å². The van der Waals surface area contributed by atoms with Crippen LogP contribution in [0.2, 0.25) is 0 Å². The van der Waals surface area contributed by atoms with Gasteiger partial charge in [-0.3, -0.25) is 14.6 Å². The highest BCUT2D eigenvalue weighted by Gasteiger charge is 2.23. The number of amides is 2. The fourth-order valence-electron chi connectivity index (χ4n) is 3.34. The lowest BCUT2D eigenvalue weighted by molar-refractivity contribution is -0.133. The second-order valence-corrected chi connectivity index (χ2v) is 6.68. The molecule has 0 bridgehead atoms. The minimum absolute atomic E-state index is 0.00812. The summed E-state index contributed by atoms with van der Waals surface area (Å²) in [4.78, 5) is 31.0. The van der Waals surface area contributed by atoms with Crippen LogP contribution in [0, 0.1) is 0 Å². The first-order chi connectivity index (χ1) is 12.7. The summed E-state index contributed by atoms with van der Waals surface area (Å²) in [5, 5.41) is 2.85. The van der Waals surface area contributed by atoms with E-state index in [4.69, 9.17) is 0 Å². The van der Waals surface area contributed by atoms with Crippen LogP contribution in [0.4, 0.5) is 0 Å². The number of carbonyl (C=O) groups is 2. The molecule has 1 unspecified atom stereocenters. The molecule has 2 heterocycles. The van der Waals surface area contributed by atoms with E-state index in [1.54, 1.807) is 12.4 Å². The van der Waals surface area contributed by atoms with E-state index in [-0.39, 0.29) is 24.3 Å². The highest BCUT2D eigenvalue weighted by molar-refractivity contribution is 5.88. The smallest absolute Gasteiger partial charge is 0.241 e. The van der Waals surface area contributed by atoms with Gasteiger partial charge in [0.25, 0.3) is 0 Å². The summed E-state index contributed by atoms with van der Waals surface area (Å²) in [5.41, 5.74) is 2.00. The Kier molecular flexibility index (Phi) is 6.36. The lowest BCUT2D eigenvalue weighted by Crippen LogP contribution is -2.43. The minimum atomic E-state index is -0.326. The quantitative estimate of drug-likeness (QED) is 0.870. The Bertz CT molecular complexity index is 713. The molecular formula is C21H25N3O2. The maximum atomic E-state index is 12.8. The Balaban J connectivity index is 1.65. The maximum Gasteiger partial charge on any atom is 0.241 e. The van der Waals surface area contributed by atoms with E-state index in [0.717, 1.165) is 37.1 Å². The van der Waals surface area contributed by atoms with Gasteiger partial charge in [0.15, 0.2) is 0 Å². The second kappa shape index (κ2) is 9.13. The molecule has 0 aliphatic carbocycles. The zero-order valence-electron chi connectivity index (χ0n) is 14.9. The molecule has 3 rings (SSSR count). The number of piperidine rings is 1. The van der Waals surface area contributed by atoms with E-state index in [0.29, 0.717) is 6.42 Å². The van der Waals surface area contributed by atoms with Crippen molar-refractivity contribution in [2.45, 2.75) is 31.6 Å². The fourth-order valence-corrected chi connectivity index (χ4v) is 3.34. The van der Waals surface area contributed by atoms with E-state index in [9.17, 15) is 9.59 Å². The number of hydrogen-bond donors (Lipinski definition) is 1. The van der Waals surface area contributed by atoms with Crippen LogP contribution in [0.25, 0.3) is 0 Å². The average Bonchev–Trinajstić information content (AvgIpc) is 2.72. The van der Waals surface area contributed by atoms with Crippen molar-refractivity contribution < 1.29 is 9.59 Å². The number of benzene rings is 1. The highest BCUT2D eigenvalue weighted by Crippen LogP contribution is 2.21. The number of nitrogens with one attached hydrogen (secondary N) is 1. The van der Waals surface area contributed by atoms with Crippen LogP contribution >= 0.6 is 0 Å². The maximum absolute atomic E-state index is 12.8. The summed E-state index contributed by atoms with van der Waals surface area (Å²) in [6.07, 6.45) is 7.32. The van der Waals surface area contributed by atoms with E-state index in [2.05, 4.69) is 10.3 Å². The predicted octanol–water partition coefficient (Wildman–Crippen LogP) is 2.54. The first-order valence-electron chi connectivity index (χ1n) is 9.23. The molecule has 0 saturated carbocycles. The predicted molar refractivity (Wildman–Crippen MR) is 101 cm³/mol. The van der Waals surface area contributed by atoms with Crippen molar-refractivity contribution in [3.05, 3.63) is 66.0 Å². The van der Waals surface area contributed by atoms with Crippen molar-refractivity contribution in [2.75, 3.05) is 19.6 Å². The molecule has 0 spiro atoms. The molecule has 1 aromatic heterocycles. The van der Waals surface area contributed by atoms with Gasteiger partial charge in [0.05, 0.1) is 12.5 Å². The molecule has 5 nitrogen and oxygen atoms in total. The Morgan fingerprint density at radius 3 is 2.38 bits per heavy atom. The number of carbonyl (C=O) groups excluding carboxylic acids is 2.